The van der Waals surface area contributed by atoms with E-state index in [0.29, 0.717) is 13.0 Å². The van der Waals surface area contributed by atoms with Gasteiger partial charge >= 0.3 is 0 Å². The minimum atomic E-state index is -3.98. The summed E-state index contributed by atoms with van der Waals surface area (Å²) in [7, 11) is -3.98. The van der Waals surface area contributed by atoms with Crippen LogP contribution in [0.1, 0.15) is 16.8 Å². The van der Waals surface area contributed by atoms with Crippen LogP contribution in [0.4, 0.5) is 11.4 Å². The zero-order valence-corrected chi connectivity index (χ0v) is 14.0. The van der Waals surface area contributed by atoms with Crippen molar-refractivity contribution < 1.29 is 13.3 Å². The van der Waals surface area contributed by atoms with Gasteiger partial charge in [0.05, 0.1) is 14.8 Å². The molecule has 0 bridgehead atoms. The van der Waals surface area contributed by atoms with Crippen LogP contribution in [0.15, 0.2) is 29.3 Å². The van der Waals surface area contributed by atoms with E-state index in [9.17, 15) is 18.5 Å². The summed E-state index contributed by atoms with van der Waals surface area (Å²) in [6.45, 7) is 2.50. The van der Waals surface area contributed by atoms with Crippen LogP contribution in [-0.2, 0) is 22.9 Å². The summed E-state index contributed by atoms with van der Waals surface area (Å²) in [6.07, 6.45) is 3.37. The molecule has 1 aromatic carbocycles. The fraction of sp³-hybridized carbons (Fsp3) is 0.308. The number of benzene rings is 1. The van der Waals surface area contributed by atoms with Crippen molar-refractivity contribution in [2.75, 3.05) is 11.9 Å². The number of nitrogens with one attached hydrogen (secondary N) is 1. The van der Waals surface area contributed by atoms with Gasteiger partial charge in [-0.25, -0.2) is 18.5 Å². The van der Waals surface area contributed by atoms with Crippen molar-refractivity contribution in [1.82, 2.24) is 4.98 Å². The largest absolute Gasteiger partial charge is 0.379 e. The predicted molar refractivity (Wildman–Crippen MR) is 88.2 cm³/mol. The van der Waals surface area contributed by atoms with Crippen LogP contribution in [-0.4, -0.2) is 24.9 Å². The lowest BCUT2D eigenvalue weighted by Gasteiger charge is -2.07. The Balaban J connectivity index is 2.11. The fourth-order valence-corrected chi connectivity index (χ4v) is 3.32. The number of hydrogen-bond acceptors (Lipinski definition) is 7. The summed E-state index contributed by atoms with van der Waals surface area (Å²) in [6, 6.07) is 3.54. The zero-order valence-electron chi connectivity index (χ0n) is 12.4. The number of rotatable bonds is 7. The summed E-state index contributed by atoms with van der Waals surface area (Å²) in [5.41, 5.74) is -0.0837. The standard InChI is InChI=1S/C13H16N4O4S2/c1-2-9-8-16-13(22-9)5-6-15-11-4-3-10(23(14,20)21)7-12(11)17(18)19/h3-4,7-8,15H,2,5-6H2,1H3,(H2,14,20,21). The number of hydrogen-bond donors (Lipinski definition) is 2. The molecule has 0 aliphatic rings. The lowest BCUT2D eigenvalue weighted by molar-refractivity contribution is -0.384. The van der Waals surface area contributed by atoms with Gasteiger partial charge in [0.2, 0.25) is 10.0 Å². The molecule has 23 heavy (non-hydrogen) atoms. The molecule has 0 fully saturated rings. The third-order valence-corrected chi connectivity index (χ3v) is 5.21. The molecule has 124 valence electrons. The van der Waals surface area contributed by atoms with E-state index in [1.54, 1.807) is 11.3 Å². The Kier molecular flexibility index (Phi) is 5.29. The minimum Gasteiger partial charge on any atom is -0.379 e. The maximum atomic E-state index is 11.3. The van der Waals surface area contributed by atoms with Gasteiger partial charge in [-0.2, -0.15) is 0 Å². The first kappa shape index (κ1) is 17.3. The summed E-state index contributed by atoms with van der Waals surface area (Å²) in [5, 5.41) is 20.0. The zero-order chi connectivity index (χ0) is 17.0. The van der Waals surface area contributed by atoms with Gasteiger partial charge < -0.3 is 5.32 Å². The average molecular weight is 356 g/mol. The maximum Gasteiger partial charge on any atom is 0.293 e. The molecule has 0 spiro atoms. The second-order valence-electron chi connectivity index (χ2n) is 4.73. The van der Waals surface area contributed by atoms with Crippen LogP contribution < -0.4 is 10.5 Å². The van der Waals surface area contributed by atoms with Crippen molar-refractivity contribution in [2.24, 2.45) is 5.14 Å². The highest BCUT2D eigenvalue weighted by Gasteiger charge is 2.18. The SMILES string of the molecule is CCc1cnc(CCNc2ccc(S(N)(=O)=O)cc2[N+](=O)[O-])s1. The van der Waals surface area contributed by atoms with Gasteiger partial charge in [0.25, 0.3) is 5.69 Å². The first-order valence-corrected chi connectivity index (χ1v) is 9.16. The molecule has 0 aliphatic heterocycles. The van der Waals surface area contributed by atoms with Gasteiger partial charge in [0, 0.05) is 30.1 Å². The van der Waals surface area contributed by atoms with Crippen LogP contribution in [0.2, 0.25) is 0 Å². The second-order valence-corrected chi connectivity index (χ2v) is 7.49. The molecular weight excluding hydrogens is 340 g/mol. The highest BCUT2D eigenvalue weighted by molar-refractivity contribution is 7.89. The number of aromatic nitrogens is 1. The van der Waals surface area contributed by atoms with Gasteiger partial charge in [0.1, 0.15) is 5.69 Å². The average Bonchev–Trinajstić information content (AvgIpc) is 2.94. The number of thiazole rings is 1. The lowest BCUT2D eigenvalue weighted by Crippen LogP contribution is -2.13. The molecule has 1 aromatic heterocycles. The molecule has 2 rings (SSSR count). The van der Waals surface area contributed by atoms with Crippen LogP contribution in [0, 0.1) is 10.1 Å². The molecule has 0 saturated carbocycles. The number of sulfonamides is 1. The van der Waals surface area contributed by atoms with Crippen LogP contribution >= 0.6 is 11.3 Å². The molecule has 2 aromatic rings. The molecule has 1 heterocycles. The Labute approximate surface area is 137 Å². The van der Waals surface area contributed by atoms with Crippen molar-refractivity contribution in [3.63, 3.8) is 0 Å². The normalized spacial score (nSPS) is 11.4. The van der Waals surface area contributed by atoms with E-state index >= 15 is 0 Å². The first-order valence-electron chi connectivity index (χ1n) is 6.80. The second kappa shape index (κ2) is 7.02. The van der Waals surface area contributed by atoms with Crippen molar-refractivity contribution in [1.29, 1.82) is 0 Å². The minimum absolute atomic E-state index is 0.245. The molecule has 0 amide bonds. The van der Waals surface area contributed by atoms with Gasteiger partial charge in [-0.05, 0) is 18.6 Å². The van der Waals surface area contributed by atoms with E-state index in [2.05, 4.69) is 10.3 Å². The van der Waals surface area contributed by atoms with Crippen molar-refractivity contribution in [3.8, 4) is 0 Å². The molecule has 0 aliphatic carbocycles. The van der Waals surface area contributed by atoms with Gasteiger partial charge in [-0.15, -0.1) is 11.3 Å². The third kappa shape index (κ3) is 4.47. The molecule has 0 saturated heterocycles. The van der Waals surface area contributed by atoms with E-state index in [4.69, 9.17) is 5.14 Å². The van der Waals surface area contributed by atoms with E-state index in [1.165, 1.54) is 17.0 Å². The smallest absolute Gasteiger partial charge is 0.293 e. The fourth-order valence-electron chi connectivity index (χ4n) is 1.92. The number of primary sulfonamides is 1. The number of anilines is 1. The van der Waals surface area contributed by atoms with E-state index in [0.717, 1.165) is 17.5 Å². The summed E-state index contributed by atoms with van der Waals surface area (Å²) in [5.74, 6) is 0. The summed E-state index contributed by atoms with van der Waals surface area (Å²) in [4.78, 5) is 15.6. The predicted octanol–water partition coefficient (Wildman–Crippen LogP) is 1.92. The molecule has 0 unspecified atom stereocenters. The van der Waals surface area contributed by atoms with Gasteiger partial charge in [-0.1, -0.05) is 6.92 Å². The van der Waals surface area contributed by atoms with Crippen molar-refractivity contribution >= 4 is 32.7 Å². The highest BCUT2D eigenvalue weighted by Crippen LogP contribution is 2.27. The number of nitro groups is 1. The molecule has 8 nitrogen and oxygen atoms in total. The third-order valence-electron chi connectivity index (χ3n) is 3.10. The molecule has 0 atom stereocenters. The van der Waals surface area contributed by atoms with E-state index in [1.807, 2.05) is 13.1 Å². The maximum absolute atomic E-state index is 11.3. The Bertz CT molecular complexity index is 817. The number of nitrogens with zero attached hydrogens (tertiary/aromatic N) is 2. The lowest BCUT2D eigenvalue weighted by atomic mass is 10.2. The van der Waals surface area contributed by atoms with Gasteiger partial charge in [-0.3, -0.25) is 10.1 Å². The molecule has 3 N–H and O–H groups in total. The molecule has 10 heteroatoms. The monoisotopic (exact) mass is 356 g/mol. The topological polar surface area (TPSA) is 128 Å². The Morgan fingerprint density at radius 2 is 2.17 bits per heavy atom. The number of nitro benzene ring substituents is 1. The van der Waals surface area contributed by atoms with Crippen molar-refractivity contribution in [3.05, 3.63) is 44.4 Å². The van der Waals surface area contributed by atoms with E-state index < -0.39 is 14.9 Å². The van der Waals surface area contributed by atoms with Gasteiger partial charge in [0.15, 0.2) is 0 Å². The number of aryl methyl sites for hydroxylation is 1. The summed E-state index contributed by atoms with van der Waals surface area (Å²) < 4.78 is 22.6. The molecular formula is C13H16N4O4S2. The Hall–Kier alpha value is -2.04. The van der Waals surface area contributed by atoms with Crippen molar-refractivity contribution in [2.45, 2.75) is 24.7 Å². The highest BCUT2D eigenvalue weighted by atomic mass is 32.2. The van der Waals surface area contributed by atoms with Crippen LogP contribution in [0.5, 0.6) is 0 Å². The Morgan fingerprint density at radius 3 is 2.74 bits per heavy atom. The summed E-state index contributed by atoms with van der Waals surface area (Å²) >= 11 is 1.60. The van der Waals surface area contributed by atoms with Crippen LogP contribution in [0.3, 0.4) is 0 Å². The van der Waals surface area contributed by atoms with Crippen LogP contribution in [0.25, 0.3) is 0 Å². The van der Waals surface area contributed by atoms with E-state index in [-0.39, 0.29) is 16.3 Å². The Morgan fingerprint density at radius 1 is 1.43 bits per heavy atom. The first-order chi connectivity index (χ1) is 10.8. The quantitative estimate of drug-likeness (QED) is 0.576. The molecule has 0 radical (unpaired) electrons. The number of nitrogens with two attached hydrogens (primary N) is 1.